The number of hydrogen-bond donors (Lipinski definition) is 1. The molecule has 0 fully saturated rings. The van der Waals surface area contributed by atoms with Gasteiger partial charge in [-0.05, 0) is 60.2 Å². The number of hydrogen-bond acceptors (Lipinski definition) is 6. The lowest BCUT2D eigenvalue weighted by molar-refractivity contribution is -0.111. The van der Waals surface area contributed by atoms with E-state index in [-0.39, 0.29) is 5.91 Å². The van der Waals surface area contributed by atoms with Gasteiger partial charge in [-0.3, -0.25) is 9.78 Å². The van der Waals surface area contributed by atoms with Crippen molar-refractivity contribution in [3.8, 4) is 28.4 Å². The molecule has 34 heavy (non-hydrogen) atoms. The fourth-order valence-electron chi connectivity index (χ4n) is 3.45. The van der Waals surface area contributed by atoms with E-state index in [0.29, 0.717) is 17.2 Å². The lowest BCUT2D eigenvalue weighted by atomic mass is 10.1. The summed E-state index contributed by atoms with van der Waals surface area (Å²) in [4.78, 5) is 16.6. The highest BCUT2D eigenvalue weighted by Crippen LogP contribution is 2.23. The van der Waals surface area contributed by atoms with Crippen molar-refractivity contribution in [1.82, 2.24) is 24.8 Å². The average Bonchev–Trinajstić information content (AvgIpc) is 3.32. The molecule has 5 aromatic rings. The van der Waals surface area contributed by atoms with Crippen molar-refractivity contribution in [3.05, 3.63) is 96.8 Å². The van der Waals surface area contributed by atoms with Crippen molar-refractivity contribution in [2.75, 3.05) is 12.4 Å². The van der Waals surface area contributed by atoms with Gasteiger partial charge in [-0.1, -0.05) is 24.3 Å². The van der Waals surface area contributed by atoms with Gasteiger partial charge in [0, 0.05) is 35.3 Å². The van der Waals surface area contributed by atoms with Gasteiger partial charge in [0.1, 0.15) is 5.75 Å². The van der Waals surface area contributed by atoms with Gasteiger partial charge in [-0.25, -0.2) is 0 Å². The molecule has 0 aliphatic rings. The lowest BCUT2D eigenvalue weighted by Crippen LogP contribution is -2.07. The quantitative estimate of drug-likeness (QED) is 0.384. The van der Waals surface area contributed by atoms with Crippen LogP contribution in [0.15, 0.2) is 91.3 Å². The van der Waals surface area contributed by atoms with Crippen molar-refractivity contribution in [1.29, 1.82) is 0 Å². The minimum absolute atomic E-state index is 0.228. The molecule has 0 unspecified atom stereocenters. The Morgan fingerprint density at radius 1 is 0.971 bits per heavy atom. The third kappa shape index (κ3) is 4.51. The van der Waals surface area contributed by atoms with Gasteiger partial charge in [0.05, 0.1) is 12.8 Å². The zero-order valence-corrected chi connectivity index (χ0v) is 18.3. The first-order valence-corrected chi connectivity index (χ1v) is 10.6. The summed E-state index contributed by atoms with van der Waals surface area (Å²) >= 11 is 0. The summed E-state index contributed by atoms with van der Waals surface area (Å²) in [6.45, 7) is 0. The minimum Gasteiger partial charge on any atom is -0.497 e. The molecular formula is C26H20N6O2. The molecule has 0 aliphatic carbocycles. The first-order chi connectivity index (χ1) is 16.7. The van der Waals surface area contributed by atoms with Crippen LogP contribution >= 0.6 is 0 Å². The van der Waals surface area contributed by atoms with E-state index < -0.39 is 0 Å². The van der Waals surface area contributed by atoms with Crippen LogP contribution in [0.4, 0.5) is 5.69 Å². The molecule has 0 aliphatic heterocycles. The van der Waals surface area contributed by atoms with Crippen molar-refractivity contribution in [3.63, 3.8) is 0 Å². The molecule has 0 saturated heterocycles. The van der Waals surface area contributed by atoms with Gasteiger partial charge in [0.25, 0.3) is 0 Å². The minimum atomic E-state index is -0.228. The van der Waals surface area contributed by atoms with E-state index in [2.05, 4.69) is 20.5 Å². The number of carbonyl (C=O) groups excluding carboxylic acids is 1. The van der Waals surface area contributed by atoms with Crippen LogP contribution in [0.1, 0.15) is 5.56 Å². The lowest BCUT2D eigenvalue weighted by Gasteiger charge is -2.07. The molecule has 8 heteroatoms. The predicted octanol–water partition coefficient (Wildman–Crippen LogP) is 4.51. The largest absolute Gasteiger partial charge is 0.497 e. The smallest absolute Gasteiger partial charge is 0.248 e. The molecule has 1 amide bonds. The number of anilines is 1. The number of benzene rings is 2. The fraction of sp³-hybridized carbons (Fsp3) is 0.0385. The zero-order chi connectivity index (χ0) is 23.3. The van der Waals surface area contributed by atoms with Crippen molar-refractivity contribution in [2.45, 2.75) is 0 Å². The van der Waals surface area contributed by atoms with Crippen molar-refractivity contribution in [2.24, 2.45) is 0 Å². The number of rotatable bonds is 6. The molecule has 8 nitrogen and oxygen atoms in total. The Morgan fingerprint density at radius 3 is 2.62 bits per heavy atom. The van der Waals surface area contributed by atoms with E-state index in [0.717, 1.165) is 28.1 Å². The maximum Gasteiger partial charge on any atom is 0.248 e. The van der Waals surface area contributed by atoms with Crippen molar-refractivity contribution < 1.29 is 9.53 Å². The second-order valence-corrected chi connectivity index (χ2v) is 7.43. The Kier molecular flexibility index (Phi) is 5.77. The van der Waals surface area contributed by atoms with Crippen LogP contribution < -0.4 is 10.1 Å². The summed E-state index contributed by atoms with van der Waals surface area (Å²) in [7, 11) is 1.62. The van der Waals surface area contributed by atoms with Crippen LogP contribution in [0.2, 0.25) is 0 Å². The average molecular weight is 448 g/mol. The molecule has 3 heterocycles. The normalized spacial score (nSPS) is 11.1. The molecule has 0 radical (unpaired) electrons. The number of carbonyl (C=O) groups is 1. The van der Waals surface area contributed by atoms with Crippen LogP contribution in [0.25, 0.3) is 34.4 Å². The summed E-state index contributed by atoms with van der Waals surface area (Å²) in [6, 6.07) is 22.5. The third-order valence-electron chi connectivity index (χ3n) is 5.15. The monoisotopic (exact) mass is 448 g/mol. The number of fused-ring (bicyclic) bond motifs is 1. The first-order valence-electron chi connectivity index (χ1n) is 10.6. The summed E-state index contributed by atoms with van der Waals surface area (Å²) < 4.78 is 6.84. The second kappa shape index (κ2) is 9.33. The Bertz CT molecular complexity index is 1480. The Hall–Kier alpha value is -4.85. The molecule has 0 saturated carbocycles. The van der Waals surface area contributed by atoms with Gasteiger partial charge in [0.2, 0.25) is 5.91 Å². The van der Waals surface area contributed by atoms with E-state index in [1.54, 1.807) is 30.1 Å². The van der Waals surface area contributed by atoms with E-state index in [1.165, 1.54) is 6.08 Å². The van der Waals surface area contributed by atoms with Gasteiger partial charge in [-0.15, -0.1) is 10.2 Å². The first kappa shape index (κ1) is 21.0. The Labute approximate surface area is 195 Å². The zero-order valence-electron chi connectivity index (χ0n) is 18.3. The van der Waals surface area contributed by atoms with Gasteiger partial charge in [-0.2, -0.15) is 9.61 Å². The Balaban J connectivity index is 1.36. The highest BCUT2D eigenvalue weighted by molar-refractivity contribution is 6.02. The number of ether oxygens (including phenoxy) is 1. The van der Waals surface area contributed by atoms with E-state index >= 15 is 0 Å². The SMILES string of the molecule is COc1ccc(/C=C/C(=O)Nc2cccc(-c3ccc4nnc(-c5cccnc5)n4n3)c2)cc1. The molecule has 2 aromatic carbocycles. The highest BCUT2D eigenvalue weighted by atomic mass is 16.5. The van der Waals surface area contributed by atoms with E-state index in [4.69, 9.17) is 9.84 Å². The molecule has 0 bridgehead atoms. The van der Waals surface area contributed by atoms with Gasteiger partial charge in [0.15, 0.2) is 11.5 Å². The van der Waals surface area contributed by atoms with Gasteiger partial charge >= 0.3 is 0 Å². The molecular weight excluding hydrogens is 428 g/mol. The van der Waals surface area contributed by atoms with Gasteiger partial charge < -0.3 is 10.1 Å². The maximum absolute atomic E-state index is 12.4. The van der Waals surface area contributed by atoms with E-state index in [1.807, 2.05) is 72.8 Å². The topological polar surface area (TPSA) is 94.3 Å². The van der Waals surface area contributed by atoms with Crippen LogP contribution in [-0.2, 0) is 4.79 Å². The number of nitrogens with one attached hydrogen (secondary N) is 1. The number of pyridine rings is 1. The van der Waals surface area contributed by atoms with Crippen molar-refractivity contribution >= 4 is 23.3 Å². The standard InChI is InChI=1S/C26H20N6O2/c1-34-22-10-7-18(8-11-22)9-14-25(33)28-21-6-2-4-19(16-21)23-12-13-24-29-30-26(32(24)31-23)20-5-3-15-27-17-20/h2-17H,1H3,(H,28,33)/b14-9+. The van der Waals surface area contributed by atoms with Crippen LogP contribution in [0.3, 0.4) is 0 Å². The summed E-state index contributed by atoms with van der Waals surface area (Å²) in [6.07, 6.45) is 6.67. The fourth-order valence-corrected chi connectivity index (χ4v) is 3.45. The molecule has 0 spiro atoms. The van der Waals surface area contributed by atoms with E-state index in [9.17, 15) is 4.79 Å². The maximum atomic E-state index is 12.4. The summed E-state index contributed by atoms with van der Waals surface area (Å²) in [5.41, 5.74) is 4.60. The Morgan fingerprint density at radius 2 is 1.82 bits per heavy atom. The second-order valence-electron chi connectivity index (χ2n) is 7.43. The highest BCUT2D eigenvalue weighted by Gasteiger charge is 2.11. The summed E-state index contributed by atoms with van der Waals surface area (Å²) in [5, 5.41) is 16.1. The van der Waals surface area contributed by atoms with Crippen LogP contribution in [-0.4, -0.2) is 37.8 Å². The molecule has 5 rings (SSSR count). The molecule has 1 N–H and O–H groups in total. The van der Waals surface area contributed by atoms with Crippen LogP contribution in [0, 0.1) is 0 Å². The number of methoxy groups -OCH3 is 1. The number of amides is 1. The van der Waals surface area contributed by atoms with Crippen LogP contribution in [0.5, 0.6) is 5.75 Å². The molecule has 3 aromatic heterocycles. The molecule has 0 atom stereocenters. The number of nitrogens with zero attached hydrogens (tertiary/aromatic N) is 5. The summed E-state index contributed by atoms with van der Waals surface area (Å²) in [5.74, 6) is 1.15. The predicted molar refractivity (Wildman–Crippen MR) is 130 cm³/mol. The third-order valence-corrected chi connectivity index (χ3v) is 5.15. The number of aromatic nitrogens is 5. The molecule has 166 valence electrons.